The molecule has 21 heavy (non-hydrogen) atoms. The molecule has 3 rings (SSSR count). The van der Waals surface area contributed by atoms with Gasteiger partial charge in [0, 0.05) is 19.5 Å². The Morgan fingerprint density at radius 3 is 2.62 bits per heavy atom. The number of hydrogen-bond acceptors (Lipinski definition) is 2. The van der Waals surface area contributed by atoms with Gasteiger partial charge in [-0.2, -0.15) is 0 Å². The number of likely N-dealkylation sites (tertiary alicyclic amines) is 1. The number of nitrogens with zero attached hydrogens (tertiary/aromatic N) is 1. The number of carboxylic acids is 1. The van der Waals surface area contributed by atoms with Crippen LogP contribution in [0.4, 0.5) is 0 Å². The average Bonchev–Trinajstić information content (AvgIpc) is 3.31. The number of benzene rings is 1. The predicted octanol–water partition coefficient (Wildman–Crippen LogP) is 3.64. The highest BCUT2D eigenvalue weighted by atomic mass is 16.4. The zero-order chi connectivity index (χ0) is 14.7. The second kappa shape index (κ2) is 6.61. The Labute approximate surface area is 127 Å². The third-order valence-corrected chi connectivity index (χ3v) is 4.80. The third kappa shape index (κ3) is 4.31. The number of aliphatic carboxylic acids is 1. The summed E-state index contributed by atoms with van der Waals surface area (Å²) in [5.74, 6) is 0.720. The molecule has 0 bridgehead atoms. The largest absolute Gasteiger partial charge is 0.481 e. The lowest BCUT2D eigenvalue weighted by molar-refractivity contribution is -0.137. The van der Waals surface area contributed by atoms with E-state index in [1.54, 1.807) is 0 Å². The van der Waals surface area contributed by atoms with Gasteiger partial charge in [0.15, 0.2) is 0 Å². The van der Waals surface area contributed by atoms with Crippen molar-refractivity contribution in [2.24, 2.45) is 5.92 Å². The number of hydrogen-bond donors (Lipinski definition) is 1. The molecule has 1 saturated carbocycles. The first-order chi connectivity index (χ1) is 10.2. The first kappa shape index (κ1) is 14.6. The van der Waals surface area contributed by atoms with Crippen LogP contribution in [0.25, 0.3) is 0 Å². The number of rotatable bonds is 6. The van der Waals surface area contributed by atoms with Gasteiger partial charge in [-0.3, -0.25) is 9.69 Å². The lowest BCUT2D eigenvalue weighted by Gasteiger charge is -2.32. The van der Waals surface area contributed by atoms with E-state index in [-0.39, 0.29) is 0 Å². The van der Waals surface area contributed by atoms with Crippen LogP contribution in [0.5, 0.6) is 0 Å². The number of carbonyl (C=O) groups is 1. The van der Waals surface area contributed by atoms with Gasteiger partial charge in [0.2, 0.25) is 0 Å². The fourth-order valence-corrected chi connectivity index (χ4v) is 3.43. The lowest BCUT2D eigenvalue weighted by atomic mass is 9.93. The van der Waals surface area contributed by atoms with Crippen LogP contribution in [0.1, 0.15) is 55.6 Å². The zero-order valence-electron chi connectivity index (χ0n) is 12.6. The van der Waals surface area contributed by atoms with E-state index in [1.165, 1.54) is 36.8 Å². The van der Waals surface area contributed by atoms with Crippen LogP contribution in [-0.2, 0) is 11.3 Å². The van der Waals surface area contributed by atoms with E-state index >= 15 is 0 Å². The lowest BCUT2D eigenvalue weighted by Crippen LogP contribution is -2.35. The molecule has 3 nitrogen and oxygen atoms in total. The standard InChI is InChI=1S/C18H25NO2/c20-18(21)10-5-14-2-1-11-19(12-14)13-15-3-6-16(7-4-15)17-8-9-17/h3-4,6-7,14,17H,1-2,5,8-13H2,(H,20,21). The Morgan fingerprint density at radius 2 is 1.95 bits per heavy atom. The van der Waals surface area contributed by atoms with Crippen LogP contribution >= 0.6 is 0 Å². The van der Waals surface area contributed by atoms with E-state index in [4.69, 9.17) is 5.11 Å². The minimum atomic E-state index is -0.664. The molecule has 1 aliphatic carbocycles. The monoisotopic (exact) mass is 287 g/mol. The van der Waals surface area contributed by atoms with E-state index in [1.807, 2.05) is 0 Å². The summed E-state index contributed by atoms with van der Waals surface area (Å²) in [6, 6.07) is 9.13. The number of piperidine rings is 1. The molecule has 1 aliphatic heterocycles. The second-order valence-corrected chi connectivity index (χ2v) is 6.69. The highest BCUT2D eigenvalue weighted by molar-refractivity contribution is 5.66. The van der Waals surface area contributed by atoms with Crippen molar-refractivity contribution in [3.8, 4) is 0 Å². The minimum Gasteiger partial charge on any atom is -0.481 e. The van der Waals surface area contributed by atoms with Crippen LogP contribution < -0.4 is 0 Å². The Morgan fingerprint density at radius 1 is 1.19 bits per heavy atom. The molecule has 1 unspecified atom stereocenters. The maximum Gasteiger partial charge on any atom is 0.303 e. The van der Waals surface area contributed by atoms with E-state index in [9.17, 15) is 4.79 Å². The fourth-order valence-electron chi connectivity index (χ4n) is 3.43. The molecule has 1 aromatic carbocycles. The molecular weight excluding hydrogens is 262 g/mol. The van der Waals surface area contributed by atoms with Gasteiger partial charge in [-0.25, -0.2) is 0 Å². The molecule has 1 aromatic rings. The predicted molar refractivity (Wildman–Crippen MR) is 83.3 cm³/mol. The normalized spacial score (nSPS) is 23.1. The zero-order valence-corrected chi connectivity index (χ0v) is 12.6. The summed E-state index contributed by atoms with van der Waals surface area (Å²) in [5.41, 5.74) is 2.88. The van der Waals surface area contributed by atoms with Crippen LogP contribution in [0, 0.1) is 5.92 Å². The van der Waals surface area contributed by atoms with Crippen LogP contribution in [0.3, 0.4) is 0 Å². The van der Waals surface area contributed by atoms with Crippen molar-refractivity contribution < 1.29 is 9.90 Å². The summed E-state index contributed by atoms with van der Waals surface area (Å²) >= 11 is 0. The maximum absolute atomic E-state index is 10.7. The minimum absolute atomic E-state index is 0.314. The summed E-state index contributed by atoms with van der Waals surface area (Å²) in [6.07, 6.45) is 6.24. The Bertz CT molecular complexity index is 478. The molecule has 0 amide bonds. The van der Waals surface area contributed by atoms with Crippen LogP contribution in [-0.4, -0.2) is 29.1 Å². The third-order valence-electron chi connectivity index (χ3n) is 4.80. The molecule has 3 heteroatoms. The van der Waals surface area contributed by atoms with Gasteiger partial charge in [0.05, 0.1) is 0 Å². The van der Waals surface area contributed by atoms with E-state index in [2.05, 4.69) is 29.2 Å². The van der Waals surface area contributed by atoms with Gasteiger partial charge in [-0.1, -0.05) is 24.3 Å². The maximum atomic E-state index is 10.7. The molecular formula is C18H25NO2. The first-order valence-electron chi connectivity index (χ1n) is 8.23. The molecule has 114 valence electrons. The summed E-state index contributed by atoms with van der Waals surface area (Å²) in [4.78, 5) is 13.2. The summed E-state index contributed by atoms with van der Waals surface area (Å²) in [5, 5.41) is 8.81. The van der Waals surface area contributed by atoms with Crippen molar-refractivity contribution in [3.05, 3.63) is 35.4 Å². The molecule has 0 aromatic heterocycles. The summed E-state index contributed by atoms with van der Waals surface area (Å²) in [6.45, 7) is 3.21. The highest BCUT2D eigenvalue weighted by Crippen LogP contribution is 2.39. The quantitative estimate of drug-likeness (QED) is 0.868. The number of carboxylic acid groups (broad SMARTS) is 1. The van der Waals surface area contributed by atoms with E-state index in [0.717, 1.165) is 32.0 Å². The van der Waals surface area contributed by atoms with Crippen molar-refractivity contribution in [3.63, 3.8) is 0 Å². The van der Waals surface area contributed by atoms with Gasteiger partial charge in [-0.15, -0.1) is 0 Å². The highest BCUT2D eigenvalue weighted by Gasteiger charge is 2.23. The molecule has 2 fully saturated rings. The van der Waals surface area contributed by atoms with Crippen molar-refractivity contribution >= 4 is 5.97 Å². The van der Waals surface area contributed by atoms with E-state index in [0.29, 0.717) is 12.3 Å². The van der Waals surface area contributed by atoms with Crippen molar-refractivity contribution in [1.29, 1.82) is 0 Å². The Hall–Kier alpha value is -1.35. The van der Waals surface area contributed by atoms with E-state index < -0.39 is 5.97 Å². The topological polar surface area (TPSA) is 40.5 Å². The van der Waals surface area contributed by atoms with Crippen LogP contribution in [0.2, 0.25) is 0 Å². The van der Waals surface area contributed by atoms with Crippen molar-refractivity contribution in [2.45, 2.75) is 51.0 Å². The van der Waals surface area contributed by atoms with Gasteiger partial charge in [-0.05, 0) is 61.6 Å². The smallest absolute Gasteiger partial charge is 0.303 e. The molecule has 1 atom stereocenters. The molecule has 1 heterocycles. The molecule has 2 aliphatic rings. The van der Waals surface area contributed by atoms with Gasteiger partial charge in [0.1, 0.15) is 0 Å². The first-order valence-corrected chi connectivity index (χ1v) is 8.23. The summed E-state index contributed by atoms with van der Waals surface area (Å²) < 4.78 is 0. The molecule has 0 spiro atoms. The van der Waals surface area contributed by atoms with Crippen molar-refractivity contribution in [1.82, 2.24) is 4.90 Å². The fraction of sp³-hybridized carbons (Fsp3) is 0.611. The average molecular weight is 287 g/mol. The van der Waals surface area contributed by atoms with Gasteiger partial charge < -0.3 is 5.11 Å². The SMILES string of the molecule is O=C(O)CCC1CCCN(Cc2ccc(C3CC3)cc2)C1. The van der Waals surface area contributed by atoms with Gasteiger partial charge >= 0.3 is 5.97 Å². The Balaban J connectivity index is 1.50. The molecule has 0 radical (unpaired) electrons. The second-order valence-electron chi connectivity index (χ2n) is 6.69. The van der Waals surface area contributed by atoms with Gasteiger partial charge in [0.25, 0.3) is 0 Å². The molecule has 1 saturated heterocycles. The van der Waals surface area contributed by atoms with Crippen LogP contribution in [0.15, 0.2) is 24.3 Å². The Kier molecular flexibility index (Phi) is 4.59. The summed E-state index contributed by atoms with van der Waals surface area (Å²) in [7, 11) is 0. The molecule has 1 N–H and O–H groups in total. The van der Waals surface area contributed by atoms with Crippen molar-refractivity contribution in [2.75, 3.05) is 13.1 Å².